The summed E-state index contributed by atoms with van der Waals surface area (Å²) in [7, 11) is 0. The molecule has 2 rings (SSSR count). The van der Waals surface area contributed by atoms with Crippen LogP contribution in [0.4, 0.5) is 11.6 Å². The number of nitro groups is 1. The molecule has 0 saturated heterocycles. The van der Waals surface area contributed by atoms with Gasteiger partial charge in [0.05, 0.1) is 11.5 Å². The lowest BCUT2D eigenvalue weighted by atomic mass is 10.2. The van der Waals surface area contributed by atoms with Crippen molar-refractivity contribution in [1.82, 2.24) is 9.97 Å². The Morgan fingerprint density at radius 1 is 1.35 bits per heavy atom. The maximum Gasteiger partial charge on any atom is 0.352 e. The lowest BCUT2D eigenvalue weighted by molar-refractivity contribution is -0.386. The molecule has 0 fully saturated rings. The highest BCUT2D eigenvalue weighted by Crippen LogP contribution is 2.31. The highest BCUT2D eigenvalue weighted by atomic mass is 16.6. The van der Waals surface area contributed by atoms with Gasteiger partial charge in [0.15, 0.2) is 0 Å². The van der Waals surface area contributed by atoms with Crippen molar-refractivity contribution in [3.8, 4) is 11.6 Å². The van der Waals surface area contributed by atoms with Gasteiger partial charge in [0.1, 0.15) is 11.4 Å². The van der Waals surface area contributed by atoms with Gasteiger partial charge in [-0.15, -0.1) is 0 Å². The summed E-state index contributed by atoms with van der Waals surface area (Å²) in [4.78, 5) is 17.9. The Bertz CT molecular complexity index is 643. The number of hydrogen-bond acceptors (Lipinski definition) is 7. The number of nitrogens with zero attached hydrogens (tertiary/aromatic N) is 3. The maximum absolute atomic E-state index is 11.0. The van der Waals surface area contributed by atoms with Crippen LogP contribution in [0.1, 0.15) is 11.3 Å². The van der Waals surface area contributed by atoms with Crippen molar-refractivity contribution in [2.75, 3.05) is 5.73 Å². The van der Waals surface area contributed by atoms with Crippen LogP contribution in [-0.2, 0) is 6.61 Å². The predicted octanol–water partition coefficient (Wildman–Crippen LogP) is 1.56. The molecule has 8 nitrogen and oxygen atoms in total. The maximum atomic E-state index is 11.0. The van der Waals surface area contributed by atoms with Crippen molar-refractivity contribution in [3.05, 3.63) is 45.6 Å². The molecule has 0 spiro atoms. The molecule has 1 heterocycles. The lowest BCUT2D eigenvalue weighted by Crippen LogP contribution is -2.04. The predicted molar refractivity (Wildman–Crippen MR) is 70.3 cm³/mol. The van der Waals surface area contributed by atoms with Crippen LogP contribution in [0.15, 0.2) is 24.3 Å². The van der Waals surface area contributed by atoms with Crippen molar-refractivity contribution in [3.63, 3.8) is 0 Å². The van der Waals surface area contributed by atoms with Crippen molar-refractivity contribution < 1.29 is 14.8 Å². The van der Waals surface area contributed by atoms with Crippen LogP contribution in [-0.4, -0.2) is 20.0 Å². The van der Waals surface area contributed by atoms with Gasteiger partial charge in [0.2, 0.25) is 5.95 Å². The first-order valence-electron chi connectivity index (χ1n) is 5.67. The van der Waals surface area contributed by atoms with E-state index < -0.39 is 4.92 Å². The average Bonchev–Trinajstić information content (AvgIpc) is 2.38. The number of nitrogens with two attached hydrogens (primary N) is 1. The number of benzene rings is 1. The monoisotopic (exact) mass is 276 g/mol. The minimum Gasteiger partial charge on any atom is -0.434 e. The summed E-state index contributed by atoms with van der Waals surface area (Å²) in [6.07, 6.45) is 0. The van der Waals surface area contributed by atoms with Crippen molar-refractivity contribution in [1.29, 1.82) is 0 Å². The third-order valence-corrected chi connectivity index (χ3v) is 2.55. The molecular weight excluding hydrogens is 264 g/mol. The number of aromatic nitrogens is 2. The lowest BCUT2D eigenvalue weighted by Gasteiger charge is -2.07. The van der Waals surface area contributed by atoms with Gasteiger partial charge in [-0.1, -0.05) is 12.1 Å². The van der Waals surface area contributed by atoms with Crippen molar-refractivity contribution in [2.24, 2.45) is 0 Å². The molecule has 0 aliphatic rings. The number of aliphatic hydroxyl groups is 1. The zero-order valence-electron chi connectivity index (χ0n) is 10.6. The molecule has 1 aromatic carbocycles. The molecular formula is C12H12N4O4. The summed E-state index contributed by atoms with van der Waals surface area (Å²) in [6.45, 7) is 1.36. The van der Waals surface area contributed by atoms with E-state index in [0.717, 1.165) is 0 Å². The molecule has 0 atom stereocenters. The third kappa shape index (κ3) is 2.81. The molecule has 0 radical (unpaired) electrons. The Labute approximate surface area is 114 Å². The normalized spacial score (nSPS) is 10.3. The second kappa shape index (κ2) is 5.49. The van der Waals surface area contributed by atoms with Crippen LogP contribution in [0.25, 0.3) is 0 Å². The summed E-state index contributed by atoms with van der Waals surface area (Å²) in [5.41, 5.74) is 5.97. The molecule has 0 saturated carbocycles. The van der Waals surface area contributed by atoms with E-state index >= 15 is 0 Å². The Balaban J connectivity index is 2.39. The van der Waals surface area contributed by atoms with Gasteiger partial charge in [0, 0.05) is 0 Å². The molecule has 0 bridgehead atoms. The van der Waals surface area contributed by atoms with Gasteiger partial charge in [-0.3, -0.25) is 10.1 Å². The van der Waals surface area contributed by atoms with Gasteiger partial charge in [-0.2, -0.15) is 4.98 Å². The molecule has 0 unspecified atom stereocenters. The molecule has 2 aromatic rings. The summed E-state index contributed by atoms with van der Waals surface area (Å²) in [5, 5.41) is 20.0. The SMILES string of the molecule is Cc1nc(N)nc(Oc2ccc(CO)cc2)c1[N+](=O)[O-]. The number of nitrogen functional groups attached to an aromatic ring is 1. The molecule has 3 N–H and O–H groups in total. The molecule has 0 aliphatic heterocycles. The standard InChI is InChI=1S/C12H12N4O4/c1-7-10(16(18)19)11(15-12(13)14-7)20-9-4-2-8(6-17)3-5-9/h2-5,17H,6H2,1H3,(H2,13,14,15). The van der Waals surface area contributed by atoms with E-state index in [2.05, 4.69) is 9.97 Å². The summed E-state index contributed by atoms with van der Waals surface area (Å²) >= 11 is 0. The Morgan fingerprint density at radius 2 is 2.00 bits per heavy atom. The number of hydrogen-bond donors (Lipinski definition) is 2. The first-order valence-corrected chi connectivity index (χ1v) is 5.67. The Kier molecular flexibility index (Phi) is 3.76. The van der Waals surface area contributed by atoms with Crippen LogP contribution >= 0.6 is 0 Å². The van der Waals surface area contributed by atoms with Crippen LogP contribution in [0.2, 0.25) is 0 Å². The molecule has 20 heavy (non-hydrogen) atoms. The van der Waals surface area contributed by atoms with E-state index in [1.807, 2.05) is 0 Å². The van der Waals surface area contributed by atoms with E-state index in [1.54, 1.807) is 24.3 Å². The number of rotatable bonds is 4. The molecule has 8 heteroatoms. The minimum absolute atomic E-state index is 0.0972. The Morgan fingerprint density at radius 3 is 2.55 bits per heavy atom. The minimum atomic E-state index is -0.619. The van der Waals surface area contributed by atoms with Crippen molar-refractivity contribution >= 4 is 11.6 Å². The zero-order chi connectivity index (χ0) is 14.7. The fourth-order valence-electron chi connectivity index (χ4n) is 1.62. The topological polar surface area (TPSA) is 124 Å². The molecule has 1 aromatic heterocycles. The van der Waals surface area contributed by atoms with Crippen LogP contribution < -0.4 is 10.5 Å². The van der Waals surface area contributed by atoms with Crippen molar-refractivity contribution in [2.45, 2.75) is 13.5 Å². The fourth-order valence-corrected chi connectivity index (χ4v) is 1.62. The summed E-state index contributed by atoms with van der Waals surface area (Å²) < 4.78 is 5.38. The smallest absolute Gasteiger partial charge is 0.352 e. The molecule has 104 valence electrons. The Hall–Kier alpha value is -2.74. The highest BCUT2D eigenvalue weighted by Gasteiger charge is 2.23. The van der Waals surface area contributed by atoms with E-state index in [9.17, 15) is 10.1 Å². The van der Waals surface area contributed by atoms with Gasteiger partial charge in [0.25, 0.3) is 0 Å². The first-order chi connectivity index (χ1) is 9.51. The van der Waals surface area contributed by atoms with Crippen LogP contribution in [0.5, 0.6) is 11.6 Å². The molecule has 0 aliphatic carbocycles. The van der Waals surface area contributed by atoms with Gasteiger partial charge in [-0.05, 0) is 24.6 Å². The number of aliphatic hydroxyl groups excluding tert-OH is 1. The number of aryl methyl sites for hydroxylation is 1. The van der Waals surface area contributed by atoms with E-state index in [0.29, 0.717) is 11.3 Å². The number of anilines is 1. The zero-order valence-corrected chi connectivity index (χ0v) is 10.6. The van der Waals surface area contributed by atoms with E-state index in [-0.39, 0.29) is 29.8 Å². The van der Waals surface area contributed by atoms with Gasteiger partial charge >= 0.3 is 11.6 Å². The second-order valence-electron chi connectivity index (χ2n) is 3.98. The first kappa shape index (κ1) is 13.7. The van der Waals surface area contributed by atoms with E-state index in [1.165, 1.54) is 6.92 Å². The summed E-state index contributed by atoms with van der Waals surface area (Å²) in [5.74, 6) is 0.0367. The van der Waals surface area contributed by atoms with Crippen LogP contribution in [0.3, 0.4) is 0 Å². The quantitative estimate of drug-likeness (QED) is 0.641. The van der Waals surface area contributed by atoms with E-state index in [4.69, 9.17) is 15.6 Å². The van der Waals surface area contributed by atoms with Crippen LogP contribution in [0, 0.1) is 17.0 Å². The fraction of sp³-hybridized carbons (Fsp3) is 0.167. The largest absolute Gasteiger partial charge is 0.434 e. The van der Waals surface area contributed by atoms with Gasteiger partial charge in [-0.25, -0.2) is 4.98 Å². The number of ether oxygens (including phenoxy) is 1. The highest BCUT2D eigenvalue weighted by molar-refractivity contribution is 5.49. The average molecular weight is 276 g/mol. The second-order valence-corrected chi connectivity index (χ2v) is 3.98. The molecule has 0 amide bonds. The van der Waals surface area contributed by atoms with Gasteiger partial charge < -0.3 is 15.6 Å². The summed E-state index contributed by atoms with van der Waals surface area (Å²) in [6, 6.07) is 6.42. The third-order valence-electron chi connectivity index (χ3n) is 2.55.